The van der Waals surface area contributed by atoms with E-state index in [0.717, 1.165) is 35.9 Å². The molecule has 2 unspecified atom stereocenters. The van der Waals surface area contributed by atoms with E-state index < -0.39 is 11.9 Å². The summed E-state index contributed by atoms with van der Waals surface area (Å²) < 4.78 is 5.24. The fourth-order valence-electron chi connectivity index (χ4n) is 5.27. The molecular formula is C25H33N3O5. The molecule has 2 aliphatic rings. The lowest BCUT2D eigenvalue weighted by Gasteiger charge is -2.44. The van der Waals surface area contributed by atoms with E-state index in [2.05, 4.69) is 15.4 Å². The lowest BCUT2D eigenvalue weighted by molar-refractivity contribution is -0.158. The molecule has 1 saturated carbocycles. The number of ether oxygens (including phenoxy) is 1. The van der Waals surface area contributed by atoms with Gasteiger partial charge in [0.15, 0.2) is 0 Å². The number of likely N-dealkylation sites (tertiary alicyclic amines) is 1. The number of aromatic amines is 1. The van der Waals surface area contributed by atoms with Crippen molar-refractivity contribution in [2.45, 2.75) is 70.3 Å². The Kier molecular flexibility index (Phi) is 7.52. The molecule has 2 atom stereocenters. The van der Waals surface area contributed by atoms with Gasteiger partial charge in [-0.05, 0) is 61.8 Å². The van der Waals surface area contributed by atoms with Crippen LogP contribution in [0.5, 0.6) is 5.75 Å². The quantitative estimate of drug-likeness (QED) is 0.621. The number of nitrogens with zero attached hydrogens (tertiary/aromatic N) is 1. The lowest BCUT2D eigenvalue weighted by Crippen LogP contribution is -2.49. The summed E-state index contributed by atoms with van der Waals surface area (Å²) in [4.78, 5) is 47.1. The van der Waals surface area contributed by atoms with Gasteiger partial charge in [0.05, 0.1) is 13.5 Å². The highest BCUT2D eigenvalue weighted by atomic mass is 16.7. The number of rotatable bonds is 7. The maximum Gasteiger partial charge on any atom is 0.332 e. The van der Waals surface area contributed by atoms with Crippen LogP contribution in [-0.2, 0) is 25.6 Å². The molecule has 2 heterocycles. The number of benzene rings is 1. The van der Waals surface area contributed by atoms with Gasteiger partial charge in [0.1, 0.15) is 5.75 Å². The van der Waals surface area contributed by atoms with Crippen LogP contribution in [0.1, 0.15) is 63.4 Å². The van der Waals surface area contributed by atoms with E-state index in [4.69, 9.17) is 9.57 Å². The molecular weight excluding hydrogens is 422 g/mol. The SMILES string of the molecule is COc1ccc2[nH]cc(CC(=O)NOC(=O)CCCC(=O)N3CCCC4CCCCC43)c2c1. The summed E-state index contributed by atoms with van der Waals surface area (Å²) in [5, 5.41) is 0.882. The van der Waals surface area contributed by atoms with Crippen molar-refractivity contribution in [2.24, 2.45) is 5.92 Å². The second-order valence-corrected chi connectivity index (χ2v) is 9.10. The molecule has 1 aliphatic carbocycles. The van der Waals surface area contributed by atoms with Gasteiger partial charge in [-0.3, -0.25) is 9.59 Å². The van der Waals surface area contributed by atoms with Crippen molar-refractivity contribution in [3.8, 4) is 5.75 Å². The summed E-state index contributed by atoms with van der Waals surface area (Å²) in [5.41, 5.74) is 3.90. The van der Waals surface area contributed by atoms with Gasteiger partial charge < -0.3 is 19.5 Å². The molecule has 1 aromatic carbocycles. The lowest BCUT2D eigenvalue weighted by atomic mass is 9.78. The molecule has 0 bridgehead atoms. The van der Waals surface area contributed by atoms with E-state index in [0.29, 0.717) is 30.6 Å². The third kappa shape index (κ3) is 5.67. The first-order valence-electron chi connectivity index (χ1n) is 12.0. The number of hydroxylamine groups is 1. The van der Waals surface area contributed by atoms with E-state index in [-0.39, 0.29) is 18.7 Å². The molecule has 178 valence electrons. The number of fused-ring (bicyclic) bond motifs is 2. The summed E-state index contributed by atoms with van der Waals surface area (Å²) >= 11 is 0. The van der Waals surface area contributed by atoms with Crippen LogP contribution in [0.4, 0.5) is 0 Å². The predicted octanol–water partition coefficient (Wildman–Crippen LogP) is 3.64. The largest absolute Gasteiger partial charge is 0.497 e. The number of carbonyl (C=O) groups excluding carboxylic acids is 3. The first kappa shape index (κ1) is 23.1. The van der Waals surface area contributed by atoms with Crippen LogP contribution in [0.3, 0.4) is 0 Å². The van der Waals surface area contributed by atoms with Crippen LogP contribution in [0.2, 0.25) is 0 Å². The third-order valence-electron chi connectivity index (χ3n) is 6.94. The molecule has 1 saturated heterocycles. The Bertz CT molecular complexity index is 999. The van der Waals surface area contributed by atoms with Crippen LogP contribution in [-0.4, -0.2) is 47.4 Å². The number of hydrogen-bond donors (Lipinski definition) is 2. The highest BCUT2D eigenvalue weighted by Gasteiger charge is 2.35. The maximum absolute atomic E-state index is 12.7. The van der Waals surface area contributed by atoms with Crippen LogP contribution < -0.4 is 10.2 Å². The zero-order valence-electron chi connectivity index (χ0n) is 19.2. The summed E-state index contributed by atoms with van der Waals surface area (Å²) in [6.07, 6.45) is 9.78. The Labute approximate surface area is 193 Å². The fourth-order valence-corrected chi connectivity index (χ4v) is 5.27. The molecule has 2 amide bonds. The van der Waals surface area contributed by atoms with Crippen molar-refractivity contribution in [1.82, 2.24) is 15.4 Å². The third-order valence-corrected chi connectivity index (χ3v) is 6.94. The monoisotopic (exact) mass is 455 g/mol. The summed E-state index contributed by atoms with van der Waals surface area (Å²) in [7, 11) is 1.59. The van der Waals surface area contributed by atoms with Crippen molar-refractivity contribution < 1.29 is 24.0 Å². The molecule has 8 heteroatoms. The van der Waals surface area contributed by atoms with E-state index in [1.165, 1.54) is 25.7 Å². The average molecular weight is 456 g/mol. The molecule has 1 aromatic heterocycles. The van der Waals surface area contributed by atoms with E-state index in [9.17, 15) is 14.4 Å². The number of methoxy groups -OCH3 is 1. The summed E-state index contributed by atoms with van der Waals surface area (Å²) in [6, 6.07) is 5.97. The van der Waals surface area contributed by atoms with E-state index >= 15 is 0 Å². The number of hydrogen-bond acceptors (Lipinski definition) is 5. The Balaban J connectivity index is 1.18. The average Bonchev–Trinajstić information content (AvgIpc) is 3.24. The topological polar surface area (TPSA) is 101 Å². The highest BCUT2D eigenvalue weighted by Crippen LogP contribution is 2.35. The summed E-state index contributed by atoms with van der Waals surface area (Å²) in [6.45, 7) is 0.834. The van der Waals surface area contributed by atoms with Gasteiger partial charge in [0, 0.05) is 42.5 Å². The van der Waals surface area contributed by atoms with Gasteiger partial charge in [0.2, 0.25) is 5.91 Å². The number of piperidine rings is 1. The summed E-state index contributed by atoms with van der Waals surface area (Å²) in [5.74, 6) is 0.534. The molecule has 2 aromatic rings. The van der Waals surface area contributed by atoms with Crippen LogP contribution in [0.25, 0.3) is 10.9 Å². The Morgan fingerprint density at radius 2 is 1.94 bits per heavy atom. The predicted molar refractivity (Wildman–Crippen MR) is 123 cm³/mol. The standard InChI is InChI=1S/C25H33N3O5/c1-32-19-11-12-21-20(15-19)18(16-26-21)14-23(29)27-33-25(31)10-4-9-24(30)28-13-5-7-17-6-2-3-8-22(17)28/h11-12,15-17,22,26H,2-10,13-14H2,1H3,(H,27,29). The molecule has 4 rings (SSSR count). The molecule has 0 radical (unpaired) electrons. The zero-order valence-corrected chi connectivity index (χ0v) is 19.2. The van der Waals surface area contributed by atoms with Gasteiger partial charge in [-0.1, -0.05) is 12.8 Å². The minimum Gasteiger partial charge on any atom is -0.497 e. The first-order chi connectivity index (χ1) is 16.0. The van der Waals surface area contributed by atoms with Crippen LogP contribution in [0.15, 0.2) is 24.4 Å². The second-order valence-electron chi connectivity index (χ2n) is 9.10. The number of aromatic nitrogens is 1. The van der Waals surface area contributed by atoms with Crippen molar-refractivity contribution in [1.29, 1.82) is 0 Å². The number of H-pyrrole nitrogens is 1. The second kappa shape index (κ2) is 10.7. The fraction of sp³-hybridized carbons (Fsp3) is 0.560. The number of carbonyl (C=O) groups is 3. The zero-order chi connectivity index (χ0) is 23.2. The molecule has 2 N–H and O–H groups in total. The minimum absolute atomic E-state index is 0.0659. The minimum atomic E-state index is -0.536. The van der Waals surface area contributed by atoms with Crippen molar-refractivity contribution in [3.05, 3.63) is 30.0 Å². The number of amides is 2. The van der Waals surface area contributed by atoms with Gasteiger partial charge >= 0.3 is 5.97 Å². The molecule has 8 nitrogen and oxygen atoms in total. The Morgan fingerprint density at radius 3 is 2.79 bits per heavy atom. The number of nitrogens with one attached hydrogen (secondary N) is 2. The highest BCUT2D eigenvalue weighted by molar-refractivity contribution is 5.89. The molecule has 33 heavy (non-hydrogen) atoms. The Morgan fingerprint density at radius 1 is 1.12 bits per heavy atom. The van der Waals surface area contributed by atoms with Gasteiger partial charge in [-0.15, -0.1) is 0 Å². The van der Waals surface area contributed by atoms with Crippen LogP contribution in [0, 0.1) is 5.92 Å². The van der Waals surface area contributed by atoms with E-state index in [1.54, 1.807) is 13.3 Å². The molecule has 2 fully saturated rings. The van der Waals surface area contributed by atoms with Crippen molar-refractivity contribution in [2.75, 3.05) is 13.7 Å². The van der Waals surface area contributed by atoms with Crippen LogP contribution >= 0.6 is 0 Å². The van der Waals surface area contributed by atoms with Crippen molar-refractivity contribution in [3.63, 3.8) is 0 Å². The maximum atomic E-state index is 12.7. The van der Waals surface area contributed by atoms with Gasteiger partial charge in [-0.25, -0.2) is 4.79 Å². The molecule has 0 spiro atoms. The smallest absolute Gasteiger partial charge is 0.332 e. The van der Waals surface area contributed by atoms with Gasteiger partial charge in [-0.2, -0.15) is 5.48 Å². The Hall–Kier alpha value is -3.03. The van der Waals surface area contributed by atoms with Gasteiger partial charge in [0.25, 0.3) is 5.91 Å². The van der Waals surface area contributed by atoms with E-state index in [1.807, 2.05) is 18.2 Å². The first-order valence-corrected chi connectivity index (χ1v) is 12.0. The van der Waals surface area contributed by atoms with Crippen molar-refractivity contribution >= 4 is 28.7 Å². The molecule has 1 aliphatic heterocycles. The normalized spacial score (nSPS) is 20.2.